The normalized spacial score (nSPS) is 10.8. The number of nitro benzene ring substituents is 1. The molecule has 0 aliphatic rings. The highest BCUT2D eigenvalue weighted by Gasteiger charge is 2.12. The van der Waals surface area contributed by atoms with Gasteiger partial charge in [0, 0.05) is 12.1 Å². The predicted molar refractivity (Wildman–Crippen MR) is 93.7 cm³/mol. The van der Waals surface area contributed by atoms with Gasteiger partial charge >= 0.3 is 0 Å². The minimum Gasteiger partial charge on any atom is -0.457 e. The van der Waals surface area contributed by atoms with Crippen molar-refractivity contribution >= 4 is 28.3 Å². The van der Waals surface area contributed by atoms with Gasteiger partial charge in [-0.05, 0) is 24.8 Å². The van der Waals surface area contributed by atoms with Crippen LogP contribution in [-0.2, 0) is 0 Å². The number of nitrogens with one attached hydrogen (secondary N) is 1. The lowest BCUT2D eigenvalue weighted by molar-refractivity contribution is -0.384. The van der Waals surface area contributed by atoms with Gasteiger partial charge in [0.05, 0.1) is 16.7 Å². The fraction of sp³-hybridized carbons (Fsp3) is 0.125. The monoisotopic (exact) mass is 342 g/mol. The number of hydrogen-bond donors (Lipinski definition) is 1. The Morgan fingerprint density at radius 3 is 2.75 bits per heavy atom. The number of nitro groups is 1. The van der Waals surface area contributed by atoms with Crippen LogP contribution in [0.5, 0.6) is 11.5 Å². The van der Waals surface area contributed by atoms with E-state index in [4.69, 9.17) is 10.00 Å². The van der Waals surface area contributed by atoms with Crippen molar-refractivity contribution in [2.45, 2.75) is 6.92 Å². The van der Waals surface area contributed by atoms with Crippen LogP contribution in [0.2, 0.25) is 0 Å². The zero-order valence-corrected chi connectivity index (χ0v) is 13.8. The van der Waals surface area contributed by atoms with Crippen molar-refractivity contribution in [2.24, 2.45) is 4.99 Å². The number of para-hydroxylation sites is 1. The number of nitrogens with zero attached hydrogens (tertiary/aromatic N) is 3. The average molecular weight is 342 g/mol. The molecule has 0 spiro atoms. The van der Waals surface area contributed by atoms with Crippen LogP contribution in [0, 0.1) is 28.5 Å². The van der Waals surface area contributed by atoms with Gasteiger partial charge in [-0.3, -0.25) is 15.4 Å². The number of hydrogen-bond acceptors (Lipinski definition) is 6. The lowest BCUT2D eigenvalue weighted by Crippen LogP contribution is -2.12. The van der Waals surface area contributed by atoms with E-state index in [0.717, 1.165) is 5.56 Å². The summed E-state index contributed by atoms with van der Waals surface area (Å²) >= 11 is 1.22. The maximum absolute atomic E-state index is 11.1. The lowest BCUT2D eigenvalue weighted by atomic mass is 10.2. The second-order valence-corrected chi connectivity index (χ2v) is 5.46. The summed E-state index contributed by atoms with van der Waals surface area (Å²) in [5, 5.41) is 22.6. The molecule has 0 saturated carbocycles. The largest absolute Gasteiger partial charge is 0.457 e. The van der Waals surface area contributed by atoms with E-state index in [1.54, 1.807) is 24.6 Å². The van der Waals surface area contributed by atoms with E-state index < -0.39 is 4.92 Å². The second-order valence-electron chi connectivity index (χ2n) is 4.67. The van der Waals surface area contributed by atoms with E-state index in [-0.39, 0.29) is 5.69 Å². The molecule has 0 amide bonds. The second kappa shape index (κ2) is 7.99. The molecule has 0 bridgehead atoms. The first-order valence-corrected chi connectivity index (χ1v) is 8.06. The van der Waals surface area contributed by atoms with Gasteiger partial charge in [0.2, 0.25) is 0 Å². The molecule has 0 heterocycles. The highest BCUT2D eigenvalue weighted by Crippen LogP contribution is 2.32. The van der Waals surface area contributed by atoms with Crippen molar-refractivity contribution in [2.75, 3.05) is 6.26 Å². The minimum atomic E-state index is -0.514. The van der Waals surface area contributed by atoms with Gasteiger partial charge in [0.1, 0.15) is 11.5 Å². The smallest absolute Gasteiger partial charge is 0.275 e. The molecule has 2 rings (SSSR count). The highest BCUT2D eigenvalue weighted by molar-refractivity contribution is 8.13. The average Bonchev–Trinajstić information content (AvgIpc) is 2.56. The van der Waals surface area contributed by atoms with Crippen LogP contribution >= 0.6 is 11.8 Å². The number of ether oxygens (including phenoxy) is 1. The van der Waals surface area contributed by atoms with Crippen LogP contribution in [0.1, 0.15) is 5.56 Å². The highest BCUT2D eigenvalue weighted by atomic mass is 32.2. The van der Waals surface area contributed by atoms with Crippen molar-refractivity contribution in [3.63, 3.8) is 0 Å². The Kier molecular flexibility index (Phi) is 5.76. The quantitative estimate of drug-likeness (QED) is 0.224. The summed E-state index contributed by atoms with van der Waals surface area (Å²) in [6.45, 7) is 1.88. The maximum atomic E-state index is 11.1. The molecule has 0 atom stereocenters. The number of rotatable bonds is 4. The number of aryl methyl sites for hydroxylation is 1. The molecule has 2 aromatic rings. The van der Waals surface area contributed by atoms with Gasteiger partial charge < -0.3 is 4.74 Å². The van der Waals surface area contributed by atoms with Crippen molar-refractivity contribution in [1.82, 2.24) is 5.32 Å². The van der Waals surface area contributed by atoms with Gasteiger partial charge in [0.25, 0.3) is 5.69 Å². The van der Waals surface area contributed by atoms with Crippen molar-refractivity contribution < 1.29 is 9.66 Å². The summed E-state index contributed by atoms with van der Waals surface area (Å²) in [6, 6.07) is 11.6. The van der Waals surface area contributed by atoms with E-state index in [1.807, 2.05) is 25.1 Å². The summed E-state index contributed by atoms with van der Waals surface area (Å²) in [5.74, 6) is 0.905. The molecule has 0 aliphatic carbocycles. The molecule has 122 valence electrons. The molecule has 8 heteroatoms. The molecule has 0 unspecified atom stereocenters. The van der Waals surface area contributed by atoms with Crippen molar-refractivity contribution in [3.05, 3.63) is 58.1 Å². The van der Waals surface area contributed by atoms with Gasteiger partial charge in [0.15, 0.2) is 11.4 Å². The molecule has 7 nitrogen and oxygen atoms in total. The summed E-state index contributed by atoms with van der Waals surface area (Å²) in [7, 11) is 0. The predicted octanol–water partition coefficient (Wildman–Crippen LogP) is 4.12. The first kappa shape index (κ1) is 17.3. The zero-order valence-electron chi connectivity index (χ0n) is 13.0. The fourth-order valence-corrected chi connectivity index (χ4v) is 2.23. The molecular weight excluding hydrogens is 328 g/mol. The Hall–Kier alpha value is -3.05. The van der Waals surface area contributed by atoms with Crippen LogP contribution in [0.4, 0.5) is 11.4 Å². The summed E-state index contributed by atoms with van der Waals surface area (Å²) in [5.41, 5.74) is 1.09. The molecule has 1 N–H and O–H groups in total. The summed E-state index contributed by atoms with van der Waals surface area (Å²) in [6.07, 6.45) is 3.51. The zero-order chi connectivity index (χ0) is 17.5. The van der Waals surface area contributed by atoms with Gasteiger partial charge in [-0.15, -0.1) is 0 Å². The van der Waals surface area contributed by atoms with Crippen LogP contribution in [-0.4, -0.2) is 16.3 Å². The Labute approximate surface area is 143 Å². The number of amidine groups is 1. The van der Waals surface area contributed by atoms with Gasteiger partial charge in [-0.25, -0.2) is 4.99 Å². The van der Waals surface area contributed by atoms with Crippen LogP contribution in [0.25, 0.3) is 0 Å². The summed E-state index contributed by atoms with van der Waals surface area (Å²) in [4.78, 5) is 14.8. The SMILES string of the molecule is CSC(=Nc1cc(Oc2ccccc2C)cc([N+](=O)[O-])c1)NC#N. The number of aliphatic imine (C=N–C) groups is 1. The third-order valence-electron chi connectivity index (χ3n) is 3.00. The van der Waals surface area contributed by atoms with E-state index in [0.29, 0.717) is 22.4 Å². The molecule has 0 saturated heterocycles. The Bertz CT molecular complexity index is 830. The maximum Gasteiger partial charge on any atom is 0.275 e. The Morgan fingerprint density at radius 2 is 2.12 bits per heavy atom. The number of non-ortho nitro benzene ring substituents is 1. The third kappa shape index (κ3) is 4.47. The molecule has 24 heavy (non-hydrogen) atoms. The first-order valence-electron chi connectivity index (χ1n) is 6.84. The molecule has 0 aliphatic heterocycles. The Balaban J connectivity index is 2.43. The lowest BCUT2D eigenvalue weighted by Gasteiger charge is -2.09. The van der Waals surface area contributed by atoms with Crippen LogP contribution < -0.4 is 10.1 Å². The minimum absolute atomic E-state index is 0.141. The molecule has 0 radical (unpaired) electrons. The van der Waals surface area contributed by atoms with Crippen molar-refractivity contribution in [3.8, 4) is 17.7 Å². The van der Waals surface area contributed by atoms with E-state index >= 15 is 0 Å². The molecule has 0 fully saturated rings. The Morgan fingerprint density at radius 1 is 1.38 bits per heavy atom. The van der Waals surface area contributed by atoms with E-state index in [1.165, 1.54) is 23.9 Å². The number of thioether (sulfide) groups is 1. The van der Waals surface area contributed by atoms with E-state index in [2.05, 4.69) is 10.3 Å². The molecule has 2 aromatic carbocycles. The third-order valence-corrected chi connectivity index (χ3v) is 3.58. The van der Waals surface area contributed by atoms with Gasteiger partial charge in [-0.1, -0.05) is 30.0 Å². The fourth-order valence-electron chi connectivity index (χ4n) is 1.88. The van der Waals surface area contributed by atoms with Crippen LogP contribution in [0.3, 0.4) is 0 Å². The molecule has 0 aromatic heterocycles. The topological polar surface area (TPSA) is 101 Å². The standard InChI is InChI=1S/C16H14N4O3S/c1-11-5-3-4-6-15(11)23-14-8-12(7-13(9-14)20(21)22)19-16(24-2)18-10-17/h3-9H,1-2H3,(H,18,19). The first-order chi connectivity index (χ1) is 11.5. The summed E-state index contributed by atoms with van der Waals surface area (Å²) < 4.78 is 5.75. The van der Waals surface area contributed by atoms with Gasteiger partial charge in [-0.2, -0.15) is 5.26 Å². The van der Waals surface area contributed by atoms with E-state index in [9.17, 15) is 10.1 Å². The van der Waals surface area contributed by atoms with Crippen LogP contribution in [0.15, 0.2) is 47.5 Å². The molecular formula is C16H14N4O3S. The number of benzene rings is 2. The van der Waals surface area contributed by atoms with Crippen molar-refractivity contribution in [1.29, 1.82) is 5.26 Å². The number of nitriles is 1.